The van der Waals surface area contributed by atoms with Gasteiger partial charge in [-0.05, 0) is 0 Å². The molecule has 14 heavy (non-hydrogen) atoms. The van der Waals surface area contributed by atoms with Gasteiger partial charge in [-0.2, -0.15) is 0 Å². The van der Waals surface area contributed by atoms with Gasteiger partial charge in [0, 0.05) is 0 Å². The van der Waals surface area contributed by atoms with Crippen LogP contribution in [-0.2, 0) is 0 Å². The predicted molar refractivity (Wildman–Crippen MR) is 69.9 cm³/mol. The van der Waals surface area contributed by atoms with Crippen LogP contribution >= 0.6 is 7.49 Å². The number of hydrogen-bond donors (Lipinski definition) is 1. The monoisotopic (exact) mass is 220 g/mol. The molecule has 1 nitrogen and oxygen atoms in total. The van der Waals surface area contributed by atoms with Crippen molar-refractivity contribution in [1.29, 1.82) is 0 Å². The number of rotatable bonds is 9. The van der Waals surface area contributed by atoms with Crippen molar-refractivity contribution in [2.75, 3.05) is 19.5 Å². The van der Waals surface area contributed by atoms with E-state index in [-0.39, 0.29) is 0 Å². The predicted octanol–water partition coefficient (Wildman–Crippen LogP) is 4.04. The molecule has 0 heterocycles. The van der Waals surface area contributed by atoms with Gasteiger partial charge in [0.15, 0.2) is 0 Å². The summed E-state index contributed by atoms with van der Waals surface area (Å²) in [6.07, 6.45) is 12.0. The first-order valence-corrected chi connectivity index (χ1v) is 9.44. The maximum absolute atomic E-state index is 9.63. The van der Waals surface area contributed by atoms with Gasteiger partial charge < -0.3 is 0 Å². The molecule has 88 valence electrons. The summed E-state index contributed by atoms with van der Waals surface area (Å²) in [5, 5.41) is 0. The molecule has 0 spiro atoms. The van der Waals surface area contributed by atoms with E-state index in [1.54, 1.807) is 0 Å². The van der Waals surface area contributed by atoms with E-state index >= 15 is 0 Å². The Morgan fingerprint density at radius 1 is 0.786 bits per heavy atom. The average Bonchev–Trinajstić information content (AvgIpc) is 2.08. The van der Waals surface area contributed by atoms with E-state index in [0.29, 0.717) is 0 Å². The molecule has 0 aromatic heterocycles. The zero-order chi connectivity index (χ0) is 10.9. The van der Waals surface area contributed by atoms with Crippen LogP contribution in [0.15, 0.2) is 0 Å². The Bertz CT molecular complexity index is 118. The molecule has 0 unspecified atom stereocenters. The van der Waals surface area contributed by atoms with Crippen LogP contribution in [0.4, 0.5) is 0 Å². The molecular weight excluding hydrogens is 191 g/mol. The molecule has 0 saturated heterocycles. The minimum atomic E-state index is -1.74. The Hall–Kier alpha value is 0.390. The second-order valence-corrected chi connectivity index (χ2v) is 9.16. The molecule has 0 rings (SSSR count). The van der Waals surface area contributed by atoms with Crippen LogP contribution in [-0.4, -0.2) is 24.4 Å². The Labute approximate surface area is 90.7 Å². The number of unbranched alkanes of at least 4 members (excludes halogenated alkanes) is 7. The SMILES string of the molecule is CCCCCCCCCC[PH](C)(C)O. The first-order chi connectivity index (χ1) is 6.56. The van der Waals surface area contributed by atoms with Crippen molar-refractivity contribution >= 4 is 7.49 Å². The van der Waals surface area contributed by atoms with E-state index < -0.39 is 7.49 Å². The first kappa shape index (κ1) is 14.4. The normalized spacial score (nSPS) is 13.1. The molecule has 0 aliphatic rings. The molecule has 0 bridgehead atoms. The van der Waals surface area contributed by atoms with E-state index in [2.05, 4.69) is 6.92 Å². The number of hydrogen-bond acceptors (Lipinski definition) is 1. The Kier molecular flexibility index (Phi) is 8.92. The van der Waals surface area contributed by atoms with Gasteiger partial charge in [0.2, 0.25) is 0 Å². The topological polar surface area (TPSA) is 20.2 Å². The van der Waals surface area contributed by atoms with Crippen molar-refractivity contribution in [1.82, 2.24) is 0 Å². The quantitative estimate of drug-likeness (QED) is 0.459. The standard InChI is InChI=1S/C12H29OP/c1-4-5-6-7-8-9-10-11-12-14(2,3)13/h13-14H,4-12H2,1-3H3. The average molecular weight is 220 g/mol. The van der Waals surface area contributed by atoms with Crippen molar-refractivity contribution in [3.8, 4) is 0 Å². The maximum atomic E-state index is 9.63. The van der Waals surface area contributed by atoms with E-state index in [1.807, 2.05) is 13.3 Å². The molecule has 0 aromatic carbocycles. The van der Waals surface area contributed by atoms with Gasteiger partial charge in [-0.3, -0.25) is 0 Å². The molecular formula is C12H29OP. The van der Waals surface area contributed by atoms with E-state index in [0.717, 1.165) is 6.16 Å². The van der Waals surface area contributed by atoms with E-state index in [9.17, 15) is 4.89 Å². The third-order valence-corrected chi connectivity index (χ3v) is 4.22. The van der Waals surface area contributed by atoms with Crippen LogP contribution in [0.5, 0.6) is 0 Å². The van der Waals surface area contributed by atoms with E-state index in [4.69, 9.17) is 0 Å². The minimum absolute atomic E-state index is 1.09. The fraction of sp³-hybridized carbons (Fsp3) is 1.00. The summed E-state index contributed by atoms with van der Waals surface area (Å²) in [4.78, 5) is 9.63. The van der Waals surface area contributed by atoms with E-state index in [1.165, 1.54) is 51.4 Å². The summed E-state index contributed by atoms with van der Waals surface area (Å²) in [7, 11) is -1.74. The molecule has 0 saturated carbocycles. The van der Waals surface area contributed by atoms with Gasteiger partial charge in [0.1, 0.15) is 0 Å². The Morgan fingerprint density at radius 3 is 1.64 bits per heavy atom. The fourth-order valence-electron chi connectivity index (χ4n) is 1.69. The van der Waals surface area contributed by atoms with Crippen molar-refractivity contribution in [2.45, 2.75) is 58.3 Å². The first-order valence-electron chi connectivity index (χ1n) is 6.28. The van der Waals surface area contributed by atoms with Crippen LogP contribution in [0, 0.1) is 0 Å². The molecule has 1 N–H and O–H groups in total. The van der Waals surface area contributed by atoms with Crippen LogP contribution in [0.1, 0.15) is 58.3 Å². The van der Waals surface area contributed by atoms with Crippen molar-refractivity contribution in [2.24, 2.45) is 0 Å². The zero-order valence-corrected chi connectivity index (χ0v) is 11.3. The summed E-state index contributed by atoms with van der Waals surface area (Å²) < 4.78 is 0. The molecule has 0 aliphatic heterocycles. The van der Waals surface area contributed by atoms with Crippen molar-refractivity contribution in [3.63, 3.8) is 0 Å². The third-order valence-electron chi connectivity index (χ3n) is 2.64. The molecule has 0 radical (unpaired) electrons. The van der Waals surface area contributed by atoms with Crippen molar-refractivity contribution < 1.29 is 4.89 Å². The Morgan fingerprint density at radius 2 is 1.21 bits per heavy atom. The van der Waals surface area contributed by atoms with Crippen LogP contribution in [0.2, 0.25) is 0 Å². The van der Waals surface area contributed by atoms with Gasteiger partial charge >= 0.3 is 90.2 Å². The van der Waals surface area contributed by atoms with Crippen LogP contribution in [0.3, 0.4) is 0 Å². The summed E-state index contributed by atoms with van der Waals surface area (Å²) in [5.41, 5.74) is 0. The van der Waals surface area contributed by atoms with Gasteiger partial charge in [-0.15, -0.1) is 0 Å². The summed E-state index contributed by atoms with van der Waals surface area (Å²) in [6.45, 7) is 6.33. The summed E-state index contributed by atoms with van der Waals surface area (Å²) in [6, 6.07) is 0. The second-order valence-electron chi connectivity index (χ2n) is 5.04. The zero-order valence-electron chi connectivity index (χ0n) is 10.3. The molecule has 0 aromatic rings. The fourth-order valence-corrected chi connectivity index (χ4v) is 2.81. The van der Waals surface area contributed by atoms with Crippen LogP contribution in [0.25, 0.3) is 0 Å². The van der Waals surface area contributed by atoms with Gasteiger partial charge in [0.25, 0.3) is 0 Å². The molecule has 2 heteroatoms. The molecule has 0 atom stereocenters. The van der Waals surface area contributed by atoms with Crippen molar-refractivity contribution in [3.05, 3.63) is 0 Å². The second kappa shape index (κ2) is 8.68. The summed E-state index contributed by atoms with van der Waals surface area (Å²) >= 11 is 0. The van der Waals surface area contributed by atoms with Gasteiger partial charge in [0.05, 0.1) is 0 Å². The van der Waals surface area contributed by atoms with Crippen LogP contribution < -0.4 is 0 Å². The van der Waals surface area contributed by atoms with Gasteiger partial charge in [-0.1, -0.05) is 0 Å². The Balaban J connectivity index is 2.99. The third kappa shape index (κ3) is 12.4. The summed E-state index contributed by atoms with van der Waals surface area (Å²) in [5.74, 6) is 0. The molecule has 0 amide bonds. The van der Waals surface area contributed by atoms with Gasteiger partial charge in [-0.25, -0.2) is 0 Å². The molecule has 0 fully saturated rings. The molecule has 0 aliphatic carbocycles.